The van der Waals surface area contributed by atoms with Crippen LogP contribution in [0.25, 0.3) is 0 Å². The van der Waals surface area contributed by atoms with Crippen molar-refractivity contribution in [2.24, 2.45) is 5.10 Å². The van der Waals surface area contributed by atoms with Crippen LogP contribution in [0.1, 0.15) is 22.8 Å². The van der Waals surface area contributed by atoms with Gasteiger partial charge in [0, 0.05) is 11.1 Å². The second-order valence-corrected chi connectivity index (χ2v) is 5.88. The molecule has 154 valence electrons. The number of benzene rings is 2. The van der Waals surface area contributed by atoms with Crippen molar-refractivity contribution in [1.29, 1.82) is 0 Å². The first-order valence-corrected chi connectivity index (χ1v) is 8.60. The molecule has 0 spiro atoms. The van der Waals surface area contributed by atoms with Crippen molar-refractivity contribution in [2.75, 3.05) is 27.9 Å². The third kappa shape index (κ3) is 5.61. The fourth-order valence-corrected chi connectivity index (χ4v) is 2.46. The summed E-state index contributed by atoms with van der Waals surface area (Å²) in [6.07, 6.45) is 0. The van der Waals surface area contributed by atoms with E-state index in [9.17, 15) is 14.7 Å². The number of carbonyl (C=O) groups is 2. The zero-order valence-electron chi connectivity index (χ0n) is 16.6. The number of nitrogens with zero attached hydrogens (tertiary/aromatic N) is 1. The Labute approximate surface area is 168 Å². The van der Waals surface area contributed by atoms with Gasteiger partial charge >= 0.3 is 0 Å². The molecule has 2 aromatic rings. The zero-order chi connectivity index (χ0) is 21.4. The molecular weight excluding hydrogens is 378 g/mol. The van der Waals surface area contributed by atoms with E-state index in [-0.39, 0.29) is 17.9 Å². The molecule has 3 N–H and O–H groups in total. The lowest BCUT2D eigenvalue weighted by atomic mass is 10.1. The number of nitrogens with one attached hydrogen (secondary N) is 2. The first-order valence-electron chi connectivity index (χ1n) is 8.60. The maximum Gasteiger partial charge on any atom is 0.259 e. The van der Waals surface area contributed by atoms with Gasteiger partial charge in [-0.25, -0.2) is 5.43 Å². The highest BCUT2D eigenvalue weighted by molar-refractivity contribution is 6.00. The zero-order valence-corrected chi connectivity index (χ0v) is 16.6. The van der Waals surface area contributed by atoms with E-state index >= 15 is 0 Å². The largest absolute Gasteiger partial charge is 0.508 e. The number of rotatable bonds is 8. The smallest absolute Gasteiger partial charge is 0.259 e. The van der Waals surface area contributed by atoms with E-state index in [4.69, 9.17) is 14.2 Å². The molecule has 2 amide bonds. The van der Waals surface area contributed by atoms with Crippen LogP contribution in [0.2, 0.25) is 0 Å². The molecule has 0 aliphatic carbocycles. The summed E-state index contributed by atoms with van der Waals surface area (Å²) >= 11 is 0. The molecule has 0 saturated carbocycles. The lowest BCUT2D eigenvalue weighted by Crippen LogP contribution is -2.35. The number of methoxy groups -OCH3 is 3. The number of hydrogen-bond donors (Lipinski definition) is 3. The molecular formula is C20H23N3O6. The Morgan fingerprint density at radius 1 is 1.00 bits per heavy atom. The highest BCUT2D eigenvalue weighted by atomic mass is 16.5. The predicted octanol–water partition coefficient (Wildman–Crippen LogP) is 1.69. The van der Waals surface area contributed by atoms with E-state index in [1.165, 1.54) is 45.6 Å². The van der Waals surface area contributed by atoms with Gasteiger partial charge < -0.3 is 24.6 Å². The molecule has 9 heteroatoms. The van der Waals surface area contributed by atoms with Crippen LogP contribution in [0, 0.1) is 0 Å². The minimum atomic E-state index is -0.509. The van der Waals surface area contributed by atoms with Crippen LogP contribution >= 0.6 is 0 Å². The predicted molar refractivity (Wildman–Crippen MR) is 107 cm³/mol. The number of ether oxygens (including phenoxy) is 3. The Bertz CT molecular complexity index is 901. The molecule has 0 radical (unpaired) electrons. The Balaban J connectivity index is 2.00. The molecule has 0 fully saturated rings. The van der Waals surface area contributed by atoms with Crippen molar-refractivity contribution < 1.29 is 28.9 Å². The third-order valence-corrected chi connectivity index (χ3v) is 3.95. The minimum Gasteiger partial charge on any atom is -0.508 e. The average Bonchev–Trinajstić information content (AvgIpc) is 2.74. The van der Waals surface area contributed by atoms with Gasteiger partial charge in [0.1, 0.15) is 5.75 Å². The Hall–Kier alpha value is -3.75. The lowest BCUT2D eigenvalue weighted by molar-refractivity contribution is -0.120. The quantitative estimate of drug-likeness (QED) is 0.458. The molecule has 0 aromatic heterocycles. The molecule has 29 heavy (non-hydrogen) atoms. The number of carbonyl (C=O) groups excluding carboxylic acids is 2. The number of aromatic hydroxyl groups is 1. The van der Waals surface area contributed by atoms with Crippen LogP contribution in [-0.4, -0.2) is 50.5 Å². The highest BCUT2D eigenvalue weighted by Gasteiger charge is 2.17. The lowest BCUT2D eigenvalue weighted by Gasteiger charge is -2.14. The van der Waals surface area contributed by atoms with E-state index in [0.29, 0.717) is 28.5 Å². The highest BCUT2D eigenvalue weighted by Crippen LogP contribution is 2.38. The van der Waals surface area contributed by atoms with Gasteiger partial charge in [-0.1, -0.05) is 12.1 Å². The van der Waals surface area contributed by atoms with E-state index in [1.54, 1.807) is 19.1 Å². The molecule has 0 saturated heterocycles. The molecule has 0 bridgehead atoms. The Morgan fingerprint density at radius 2 is 1.66 bits per heavy atom. The summed E-state index contributed by atoms with van der Waals surface area (Å²) in [7, 11) is 4.35. The number of amides is 2. The SMILES string of the molecule is COc1cc(C(=O)NCC(=O)N/N=C(/C)c2cccc(O)c2)cc(OC)c1OC. The van der Waals surface area contributed by atoms with Gasteiger partial charge in [0.05, 0.1) is 33.6 Å². The minimum absolute atomic E-state index is 0.0981. The molecule has 0 atom stereocenters. The monoisotopic (exact) mass is 401 g/mol. The fraction of sp³-hybridized carbons (Fsp3) is 0.250. The van der Waals surface area contributed by atoms with E-state index in [2.05, 4.69) is 15.8 Å². The van der Waals surface area contributed by atoms with Gasteiger partial charge in [-0.15, -0.1) is 0 Å². The topological polar surface area (TPSA) is 118 Å². The number of phenols is 1. The first-order chi connectivity index (χ1) is 13.9. The summed E-state index contributed by atoms with van der Waals surface area (Å²) < 4.78 is 15.6. The molecule has 2 aromatic carbocycles. The van der Waals surface area contributed by atoms with Gasteiger partial charge in [-0.05, 0) is 31.2 Å². The number of hydrogen-bond acceptors (Lipinski definition) is 7. The van der Waals surface area contributed by atoms with Crippen molar-refractivity contribution in [2.45, 2.75) is 6.92 Å². The summed E-state index contributed by atoms with van der Waals surface area (Å²) in [6, 6.07) is 9.45. The second kappa shape index (κ2) is 9.98. The Morgan fingerprint density at radius 3 is 2.21 bits per heavy atom. The van der Waals surface area contributed by atoms with E-state index in [1.807, 2.05) is 0 Å². The molecule has 0 unspecified atom stereocenters. The first kappa shape index (κ1) is 21.5. The van der Waals surface area contributed by atoms with Crippen molar-refractivity contribution >= 4 is 17.5 Å². The average molecular weight is 401 g/mol. The molecule has 2 rings (SSSR count). The van der Waals surface area contributed by atoms with Crippen molar-refractivity contribution in [3.05, 3.63) is 47.5 Å². The van der Waals surface area contributed by atoms with Gasteiger partial charge in [0.2, 0.25) is 5.75 Å². The summed E-state index contributed by atoms with van der Waals surface area (Å²) in [4.78, 5) is 24.4. The third-order valence-electron chi connectivity index (χ3n) is 3.95. The van der Waals surface area contributed by atoms with Crippen molar-refractivity contribution in [1.82, 2.24) is 10.7 Å². The second-order valence-electron chi connectivity index (χ2n) is 5.88. The molecule has 9 nitrogen and oxygen atoms in total. The van der Waals surface area contributed by atoms with Crippen LogP contribution in [0.4, 0.5) is 0 Å². The van der Waals surface area contributed by atoms with Crippen LogP contribution in [0.15, 0.2) is 41.5 Å². The van der Waals surface area contributed by atoms with Gasteiger partial charge in [0.15, 0.2) is 11.5 Å². The molecule has 0 aliphatic heterocycles. The van der Waals surface area contributed by atoms with E-state index in [0.717, 1.165) is 0 Å². The fourth-order valence-electron chi connectivity index (χ4n) is 2.46. The maximum absolute atomic E-state index is 12.4. The van der Waals surface area contributed by atoms with Crippen molar-refractivity contribution in [3.63, 3.8) is 0 Å². The van der Waals surface area contributed by atoms with Crippen LogP contribution in [0.3, 0.4) is 0 Å². The normalized spacial score (nSPS) is 10.8. The van der Waals surface area contributed by atoms with Gasteiger partial charge in [-0.2, -0.15) is 5.10 Å². The van der Waals surface area contributed by atoms with Gasteiger partial charge in [0.25, 0.3) is 11.8 Å². The molecule has 0 heterocycles. The van der Waals surface area contributed by atoms with Crippen LogP contribution in [0.5, 0.6) is 23.0 Å². The Kier molecular flexibility index (Phi) is 7.41. The van der Waals surface area contributed by atoms with Crippen LogP contribution in [-0.2, 0) is 4.79 Å². The van der Waals surface area contributed by atoms with Crippen molar-refractivity contribution in [3.8, 4) is 23.0 Å². The molecule has 0 aliphatic rings. The van der Waals surface area contributed by atoms with Gasteiger partial charge in [-0.3, -0.25) is 9.59 Å². The summed E-state index contributed by atoms with van der Waals surface area (Å²) in [5, 5.41) is 15.9. The van der Waals surface area contributed by atoms with E-state index < -0.39 is 11.8 Å². The maximum atomic E-state index is 12.4. The summed E-state index contributed by atoms with van der Waals surface area (Å²) in [5.74, 6) is 0.112. The number of phenolic OH excluding ortho intramolecular Hbond substituents is 1. The standard InChI is InChI=1S/C20H23N3O6/c1-12(13-6-5-7-15(24)8-13)22-23-18(25)11-21-20(26)14-9-16(27-2)19(29-4)17(10-14)28-3/h5-10,24H,11H2,1-4H3,(H,21,26)(H,23,25)/b22-12-. The summed E-state index contributed by atoms with van der Waals surface area (Å²) in [6.45, 7) is 1.40. The number of hydrazone groups is 1. The van der Waals surface area contributed by atoms with Crippen LogP contribution < -0.4 is 25.0 Å². The summed E-state index contributed by atoms with van der Waals surface area (Å²) in [5.41, 5.74) is 3.76.